The van der Waals surface area contributed by atoms with Crippen molar-refractivity contribution in [1.82, 2.24) is 19.8 Å². The highest BCUT2D eigenvalue weighted by atomic mass is 16.4. The van der Waals surface area contributed by atoms with Gasteiger partial charge in [0.25, 0.3) is 5.91 Å². The molecule has 0 unspecified atom stereocenters. The van der Waals surface area contributed by atoms with Crippen molar-refractivity contribution in [2.75, 3.05) is 26.2 Å². The molecule has 0 N–H and O–H groups in total. The highest BCUT2D eigenvalue weighted by molar-refractivity contribution is 5.92. The van der Waals surface area contributed by atoms with Gasteiger partial charge in [0.15, 0.2) is 0 Å². The van der Waals surface area contributed by atoms with Crippen LogP contribution in [0.1, 0.15) is 33.5 Å². The van der Waals surface area contributed by atoms with Gasteiger partial charge in [0.1, 0.15) is 11.5 Å². The number of carbonyl (C=O) groups excluding carboxylic acids is 1. The van der Waals surface area contributed by atoms with E-state index in [0.29, 0.717) is 25.3 Å². The van der Waals surface area contributed by atoms with Gasteiger partial charge in [0, 0.05) is 31.9 Å². The first-order chi connectivity index (χ1) is 11.0. The van der Waals surface area contributed by atoms with Crippen LogP contribution >= 0.6 is 0 Å². The maximum atomic E-state index is 12.5. The number of nitrogens with zero attached hydrogens (tertiary/aromatic N) is 4. The molecule has 0 radical (unpaired) electrons. The summed E-state index contributed by atoms with van der Waals surface area (Å²) in [6.07, 6.45) is 0. The van der Waals surface area contributed by atoms with Crippen LogP contribution in [0.3, 0.4) is 0 Å². The summed E-state index contributed by atoms with van der Waals surface area (Å²) in [5.41, 5.74) is 2.33. The van der Waals surface area contributed by atoms with Crippen molar-refractivity contribution in [3.8, 4) is 0 Å². The Morgan fingerprint density at radius 1 is 1.13 bits per heavy atom. The number of pyridine rings is 1. The number of piperazine rings is 1. The topological polar surface area (TPSA) is 62.5 Å². The number of oxazole rings is 1. The summed E-state index contributed by atoms with van der Waals surface area (Å²) in [6.45, 7) is 9.51. The molecule has 2 aromatic rings. The fourth-order valence-corrected chi connectivity index (χ4v) is 2.73. The van der Waals surface area contributed by atoms with Gasteiger partial charge in [-0.1, -0.05) is 6.07 Å². The molecule has 122 valence electrons. The molecule has 3 rings (SSSR count). The van der Waals surface area contributed by atoms with Crippen LogP contribution in [0.5, 0.6) is 0 Å². The molecule has 1 aliphatic rings. The fraction of sp³-hybridized carbons (Fsp3) is 0.471. The van der Waals surface area contributed by atoms with Crippen molar-refractivity contribution >= 4 is 5.91 Å². The first-order valence-electron chi connectivity index (χ1n) is 7.91. The van der Waals surface area contributed by atoms with Crippen molar-refractivity contribution in [1.29, 1.82) is 0 Å². The van der Waals surface area contributed by atoms with Gasteiger partial charge in [-0.2, -0.15) is 0 Å². The van der Waals surface area contributed by atoms with E-state index in [1.54, 1.807) is 6.07 Å². The number of amides is 1. The van der Waals surface area contributed by atoms with Crippen LogP contribution < -0.4 is 0 Å². The lowest BCUT2D eigenvalue weighted by Gasteiger charge is -2.33. The van der Waals surface area contributed by atoms with E-state index in [1.807, 2.05) is 37.8 Å². The third kappa shape index (κ3) is 3.59. The van der Waals surface area contributed by atoms with Gasteiger partial charge in [-0.3, -0.25) is 9.69 Å². The van der Waals surface area contributed by atoms with E-state index >= 15 is 0 Å². The molecule has 0 aromatic carbocycles. The molecular formula is C17H22N4O2. The standard InChI is InChI=1S/C17H22N4O2/c1-12-5-4-6-15(18-12)17(22)21-9-7-20(8-10-21)11-16-19-13(2)14(3)23-16/h4-6H,7-11H2,1-3H3. The van der Waals surface area contributed by atoms with Gasteiger partial charge in [-0.15, -0.1) is 0 Å². The zero-order valence-electron chi connectivity index (χ0n) is 13.9. The molecule has 0 spiro atoms. The lowest BCUT2D eigenvalue weighted by Crippen LogP contribution is -2.48. The monoisotopic (exact) mass is 314 g/mol. The molecule has 0 bridgehead atoms. The summed E-state index contributed by atoms with van der Waals surface area (Å²) < 4.78 is 5.63. The third-order valence-electron chi connectivity index (χ3n) is 4.20. The maximum Gasteiger partial charge on any atom is 0.272 e. The maximum absolute atomic E-state index is 12.5. The average Bonchev–Trinajstić information content (AvgIpc) is 2.85. The summed E-state index contributed by atoms with van der Waals surface area (Å²) >= 11 is 0. The Morgan fingerprint density at radius 2 is 1.87 bits per heavy atom. The Hall–Kier alpha value is -2.21. The Morgan fingerprint density at radius 3 is 2.48 bits per heavy atom. The van der Waals surface area contributed by atoms with Crippen molar-refractivity contribution in [3.05, 3.63) is 46.9 Å². The van der Waals surface area contributed by atoms with Crippen molar-refractivity contribution in [3.63, 3.8) is 0 Å². The Bertz CT molecular complexity index is 683. The lowest BCUT2D eigenvalue weighted by atomic mass is 10.2. The van der Waals surface area contributed by atoms with E-state index in [9.17, 15) is 4.79 Å². The van der Waals surface area contributed by atoms with Crippen LogP contribution in [0.25, 0.3) is 0 Å². The van der Waals surface area contributed by atoms with Gasteiger partial charge in [-0.25, -0.2) is 9.97 Å². The Balaban J connectivity index is 1.56. The Kier molecular flexibility index (Phi) is 4.43. The average molecular weight is 314 g/mol. The number of hydrogen-bond acceptors (Lipinski definition) is 5. The second-order valence-electron chi connectivity index (χ2n) is 5.98. The molecule has 1 amide bonds. The van der Waals surface area contributed by atoms with E-state index in [1.165, 1.54) is 0 Å². The van der Waals surface area contributed by atoms with Crippen molar-refractivity contribution in [2.45, 2.75) is 27.3 Å². The number of aromatic nitrogens is 2. The van der Waals surface area contributed by atoms with Crippen LogP contribution in [0.15, 0.2) is 22.6 Å². The summed E-state index contributed by atoms with van der Waals surface area (Å²) in [6, 6.07) is 5.55. The summed E-state index contributed by atoms with van der Waals surface area (Å²) in [4.78, 5) is 25.3. The van der Waals surface area contributed by atoms with Crippen LogP contribution in [-0.4, -0.2) is 51.9 Å². The predicted molar refractivity (Wildman–Crippen MR) is 86.1 cm³/mol. The van der Waals surface area contributed by atoms with E-state index < -0.39 is 0 Å². The van der Waals surface area contributed by atoms with Gasteiger partial charge in [-0.05, 0) is 32.9 Å². The van der Waals surface area contributed by atoms with Crippen LogP contribution in [0.2, 0.25) is 0 Å². The van der Waals surface area contributed by atoms with E-state index in [2.05, 4.69) is 14.9 Å². The number of hydrogen-bond donors (Lipinski definition) is 0. The minimum atomic E-state index is 0.0103. The summed E-state index contributed by atoms with van der Waals surface area (Å²) in [7, 11) is 0. The van der Waals surface area contributed by atoms with E-state index in [4.69, 9.17) is 4.42 Å². The molecule has 6 nitrogen and oxygen atoms in total. The minimum Gasteiger partial charge on any atom is -0.444 e. The first-order valence-corrected chi connectivity index (χ1v) is 7.91. The molecular weight excluding hydrogens is 292 g/mol. The molecule has 3 heterocycles. The van der Waals surface area contributed by atoms with Crippen molar-refractivity contribution in [2.24, 2.45) is 0 Å². The quantitative estimate of drug-likeness (QED) is 0.866. The van der Waals surface area contributed by atoms with Gasteiger partial charge < -0.3 is 9.32 Å². The fourth-order valence-electron chi connectivity index (χ4n) is 2.73. The summed E-state index contributed by atoms with van der Waals surface area (Å²) in [5, 5.41) is 0. The van der Waals surface area contributed by atoms with Crippen LogP contribution in [-0.2, 0) is 6.54 Å². The molecule has 23 heavy (non-hydrogen) atoms. The zero-order chi connectivity index (χ0) is 16.4. The minimum absolute atomic E-state index is 0.0103. The molecule has 2 aromatic heterocycles. The molecule has 0 atom stereocenters. The van der Waals surface area contributed by atoms with E-state index in [-0.39, 0.29) is 5.91 Å². The normalized spacial score (nSPS) is 15.9. The number of rotatable bonds is 3. The van der Waals surface area contributed by atoms with E-state index in [0.717, 1.165) is 36.1 Å². The second-order valence-corrected chi connectivity index (χ2v) is 5.98. The lowest BCUT2D eigenvalue weighted by molar-refractivity contribution is 0.0612. The molecule has 6 heteroatoms. The van der Waals surface area contributed by atoms with Gasteiger partial charge >= 0.3 is 0 Å². The highest BCUT2D eigenvalue weighted by Gasteiger charge is 2.24. The second kappa shape index (κ2) is 6.50. The first kappa shape index (κ1) is 15.7. The van der Waals surface area contributed by atoms with Crippen LogP contribution in [0, 0.1) is 20.8 Å². The Labute approximate surface area is 136 Å². The molecule has 0 aliphatic carbocycles. The molecule has 0 saturated carbocycles. The smallest absolute Gasteiger partial charge is 0.272 e. The largest absolute Gasteiger partial charge is 0.444 e. The molecule has 1 saturated heterocycles. The van der Waals surface area contributed by atoms with Crippen molar-refractivity contribution < 1.29 is 9.21 Å². The summed E-state index contributed by atoms with van der Waals surface area (Å²) in [5.74, 6) is 1.63. The van der Waals surface area contributed by atoms with Crippen LogP contribution in [0.4, 0.5) is 0 Å². The highest BCUT2D eigenvalue weighted by Crippen LogP contribution is 2.13. The van der Waals surface area contributed by atoms with Gasteiger partial charge in [0.05, 0.1) is 12.2 Å². The number of aryl methyl sites for hydroxylation is 3. The number of carbonyl (C=O) groups is 1. The zero-order valence-corrected chi connectivity index (χ0v) is 13.9. The molecule has 1 fully saturated rings. The van der Waals surface area contributed by atoms with Gasteiger partial charge in [0.2, 0.25) is 5.89 Å². The molecule has 1 aliphatic heterocycles. The predicted octanol–water partition coefficient (Wildman–Crippen LogP) is 1.95. The third-order valence-corrected chi connectivity index (χ3v) is 4.20. The SMILES string of the molecule is Cc1cccc(C(=O)N2CCN(Cc3nc(C)c(C)o3)CC2)n1.